The summed E-state index contributed by atoms with van der Waals surface area (Å²) < 4.78 is 16.7. The van der Waals surface area contributed by atoms with Crippen molar-refractivity contribution in [3.05, 3.63) is 109 Å². The summed E-state index contributed by atoms with van der Waals surface area (Å²) >= 11 is 0. The van der Waals surface area contributed by atoms with E-state index in [4.69, 9.17) is 14.2 Å². The van der Waals surface area contributed by atoms with Crippen molar-refractivity contribution in [3.8, 4) is 0 Å². The molecule has 0 rings (SSSR count). The number of carbonyl (C=O) groups excluding carboxylic acids is 3. The Kier molecular flexibility index (Phi) is 50.5. The monoisotopic (exact) mass is 915 g/mol. The lowest BCUT2D eigenvalue weighted by atomic mass is 10.1. The minimum Gasteiger partial charge on any atom is -0.462 e. The van der Waals surface area contributed by atoms with Crippen LogP contribution in [0.25, 0.3) is 0 Å². The summed E-state index contributed by atoms with van der Waals surface area (Å²) in [4.78, 5) is 38.0. The van der Waals surface area contributed by atoms with E-state index in [0.717, 1.165) is 109 Å². The van der Waals surface area contributed by atoms with Crippen molar-refractivity contribution in [3.63, 3.8) is 0 Å². The Morgan fingerprint density at radius 3 is 1.02 bits per heavy atom. The molecule has 0 aromatic carbocycles. The molecule has 0 aromatic heterocycles. The maximum absolute atomic E-state index is 12.8. The molecule has 0 spiro atoms. The number of rotatable bonds is 47. The molecule has 66 heavy (non-hydrogen) atoms. The Labute approximate surface area is 406 Å². The van der Waals surface area contributed by atoms with Crippen LogP contribution in [0.3, 0.4) is 0 Å². The molecule has 0 aliphatic rings. The molecule has 0 aliphatic heterocycles. The second-order valence-corrected chi connectivity index (χ2v) is 17.4. The Hall–Kier alpha value is -3.93. The van der Waals surface area contributed by atoms with Gasteiger partial charge in [-0.3, -0.25) is 14.4 Å². The summed E-state index contributed by atoms with van der Waals surface area (Å²) in [7, 11) is 0. The van der Waals surface area contributed by atoms with Crippen molar-refractivity contribution in [2.24, 2.45) is 0 Å². The highest BCUT2D eigenvalue weighted by Crippen LogP contribution is 2.14. The smallest absolute Gasteiger partial charge is 0.306 e. The fraction of sp³-hybridized carbons (Fsp3) is 0.650. The van der Waals surface area contributed by atoms with Gasteiger partial charge in [-0.15, -0.1) is 0 Å². The minimum atomic E-state index is -0.817. The number of hydrogen-bond acceptors (Lipinski definition) is 6. The number of hydrogen-bond donors (Lipinski definition) is 0. The quantitative estimate of drug-likeness (QED) is 0.0262. The van der Waals surface area contributed by atoms with Crippen LogP contribution in [-0.4, -0.2) is 37.2 Å². The van der Waals surface area contributed by atoms with Crippen LogP contribution in [0.1, 0.15) is 233 Å². The van der Waals surface area contributed by atoms with Crippen LogP contribution < -0.4 is 0 Å². The lowest BCUT2D eigenvalue weighted by Gasteiger charge is -2.18. The third kappa shape index (κ3) is 51.1. The first-order valence-electron chi connectivity index (χ1n) is 26.9. The number of esters is 3. The number of unbranched alkanes of at least 4 members (excludes halogenated alkanes) is 18. The van der Waals surface area contributed by atoms with E-state index >= 15 is 0 Å². The van der Waals surface area contributed by atoms with E-state index in [-0.39, 0.29) is 37.5 Å². The van der Waals surface area contributed by atoms with Gasteiger partial charge >= 0.3 is 17.9 Å². The molecule has 1 atom stereocenters. The summed E-state index contributed by atoms with van der Waals surface area (Å²) in [5, 5.41) is 0. The van der Waals surface area contributed by atoms with Crippen LogP contribution in [0.4, 0.5) is 0 Å². The first-order valence-corrected chi connectivity index (χ1v) is 26.9. The van der Waals surface area contributed by atoms with E-state index in [2.05, 4.69) is 118 Å². The van der Waals surface area contributed by atoms with Crippen LogP contribution in [0.2, 0.25) is 0 Å². The molecule has 6 heteroatoms. The van der Waals surface area contributed by atoms with E-state index in [1.807, 2.05) is 12.2 Å². The van der Waals surface area contributed by atoms with Crippen molar-refractivity contribution in [1.82, 2.24) is 0 Å². The van der Waals surface area contributed by atoms with Gasteiger partial charge in [0.1, 0.15) is 13.2 Å². The van der Waals surface area contributed by atoms with E-state index in [9.17, 15) is 14.4 Å². The first-order chi connectivity index (χ1) is 32.5. The molecule has 0 aromatic rings. The molecule has 0 N–H and O–H groups in total. The molecular weight excluding hydrogens is 817 g/mol. The highest BCUT2D eigenvalue weighted by Gasteiger charge is 2.19. The van der Waals surface area contributed by atoms with Gasteiger partial charge in [-0.2, -0.15) is 0 Å². The van der Waals surface area contributed by atoms with Crippen LogP contribution in [0, 0.1) is 0 Å². The van der Waals surface area contributed by atoms with Gasteiger partial charge in [-0.05, 0) is 109 Å². The third-order valence-electron chi connectivity index (χ3n) is 11.0. The topological polar surface area (TPSA) is 78.9 Å². The molecule has 0 saturated carbocycles. The fourth-order valence-corrected chi connectivity index (χ4v) is 7.03. The third-order valence-corrected chi connectivity index (χ3v) is 11.0. The van der Waals surface area contributed by atoms with Gasteiger partial charge in [-0.25, -0.2) is 0 Å². The SMILES string of the molecule is CC/C=C\C/C=C\C/C=C\C/C=C\CCC(=O)OCC(COC(=O)CCCCCCCCC/C=C\C/C=C\CCCCCC)OC(=O)CCCCCCCCC/C=C\C/C=C\C/C=C\CC. The molecule has 1 unspecified atom stereocenters. The van der Waals surface area contributed by atoms with E-state index in [0.29, 0.717) is 19.3 Å². The average Bonchev–Trinajstić information content (AvgIpc) is 3.31. The lowest BCUT2D eigenvalue weighted by molar-refractivity contribution is -0.166. The van der Waals surface area contributed by atoms with Crippen molar-refractivity contribution >= 4 is 17.9 Å². The van der Waals surface area contributed by atoms with Gasteiger partial charge in [0.15, 0.2) is 6.10 Å². The summed E-state index contributed by atoms with van der Waals surface area (Å²) in [5.74, 6) is -1.02. The average molecular weight is 915 g/mol. The van der Waals surface area contributed by atoms with Crippen LogP contribution in [-0.2, 0) is 28.6 Å². The predicted molar refractivity (Wildman–Crippen MR) is 283 cm³/mol. The molecule has 0 saturated heterocycles. The maximum atomic E-state index is 12.8. The fourth-order valence-electron chi connectivity index (χ4n) is 7.03. The molecule has 0 amide bonds. The highest BCUT2D eigenvalue weighted by molar-refractivity contribution is 5.71. The van der Waals surface area contributed by atoms with Crippen molar-refractivity contribution in [1.29, 1.82) is 0 Å². The molecule has 0 aliphatic carbocycles. The largest absolute Gasteiger partial charge is 0.462 e. The second kappa shape index (κ2) is 53.7. The van der Waals surface area contributed by atoms with Gasteiger partial charge in [0.25, 0.3) is 0 Å². The predicted octanol–water partition coefficient (Wildman–Crippen LogP) is 17.9. The molecule has 0 bridgehead atoms. The van der Waals surface area contributed by atoms with E-state index in [1.165, 1.54) is 77.0 Å². The zero-order valence-corrected chi connectivity index (χ0v) is 42.7. The molecule has 6 nitrogen and oxygen atoms in total. The van der Waals surface area contributed by atoms with Crippen molar-refractivity contribution < 1.29 is 28.6 Å². The van der Waals surface area contributed by atoms with Gasteiger partial charge in [0.05, 0.1) is 0 Å². The molecule has 374 valence electrons. The summed E-state index contributed by atoms with van der Waals surface area (Å²) in [6.45, 7) is 6.31. The second-order valence-electron chi connectivity index (χ2n) is 17.4. The maximum Gasteiger partial charge on any atom is 0.306 e. The van der Waals surface area contributed by atoms with E-state index < -0.39 is 6.10 Å². The Balaban J connectivity index is 4.48. The minimum absolute atomic E-state index is 0.110. The van der Waals surface area contributed by atoms with E-state index in [1.54, 1.807) is 0 Å². The van der Waals surface area contributed by atoms with Crippen molar-refractivity contribution in [2.45, 2.75) is 239 Å². The Morgan fingerprint density at radius 1 is 0.318 bits per heavy atom. The van der Waals surface area contributed by atoms with Crippen molar-refractivity contribution in [2.75, 3.05) is 13.2 Å². The van der Waals surface area contributed by atoms with Gasteiger partial charge in [0.2, 0.25) is 0 Å². The Morgan fingerprint density at radius 2 is 0.621 bits per heavy atom. The van der Waals surface area contributed by atoms with Crippen LogP contribution >= 0.6 is 0 Å². The zero-order valence-electron chi connectivity index (χ0n) is 42.7. The highest BCUT2D eigenvalue weighted by atomic mass is 16.6. The normalized spacial score (nSPS) is 13.0. The van der Waals surface area contributed by atoms with Gasteiger partial charge < -0.3 is 14.2 Å². The number of ether oxygens (including phenoxy) is 3. The van der Waals surface area contributed by atoms with Gasteiger partial charge in [0, 0.05) is 19.3 Å². The lowest BCUT2D eigenvalue weighted by Crippen LogP contribution is -2.30. The molecule has 0 fully saturated rings. The molecular formula is C60H98O6. The zero-order chi connectivity index (χ0) is 47.9. The summed E-state index contributed by atoms with van der Waals surface area (Å²) in [6, 6.07) is 0. The Bertz CT molecular complexity index is 1370. The van der Waals surface area contributed by atoms with Gasteiger partial charge in [-0.1, -0.05) is 214 Å². The van der Waals surface area contributed by atoms with Crippen LogP contribution in [0.5, 0.6) is 0 Å². The molecule has 0 radical (unpaired) electrons. The first kappa shape index (κ1) is 62.1. The number of carbonyl (C=O) groups is 3. The standard InChI is InChI=1S/C60H98O6/c1-4-7-10-13-16-19-22-25-27-29-31-32-35-38-41-44-47-50-53-59(62)65-56-57(55-64-58(61)52-49-46-43-40-37-34-24-21-18-15-12-9-6-3)66-60(63)54-51-48-45-42-39-36-33-30-28-26-23-20-17-14-11-8-5-2/h8-9,11-12,17-22,26-29,34,37,43,46,57H,4-7,10,13-16,23-25,30-33,35-36,38-42,44-45,47-56H2,1-3H3/b11-8-,12-9-,20-17-,21-18-,22-19-,28-26-,29-27-,37-34-,46-43-. The summed E-state index contributed by atoms with van der Waals surface area (Å²) in [5.41, 5.74) is 0. The number of allylic oxidation sites excluding steroid dienone is 18. The van der Waals surface area contributed by atoms with Crippen LogP contribution in [0.15, 0.2) is 109 Å². The summed E-state index contributed by atoms with van der Waals surface area (Å²) in [6.07, 6.45) is 72.3. The molecule has 0 heterocycles.